The Morgan fingerprint density at radius 2 is 2.00 bits per heavy atom. The molecule has 0 radical (unpaired) electrons. The number of amides is 1. The summed E-state index contributed by atoms with van der Waals surface area (Å²) in [6.07, 6.45) is 5.85. The van der Waals surface area contributed by atoms with Crippen LogP contribution in [0.5, 0.6) is 0 Å². The molecular weight excluding hydrogens is 260 g/mol. The second-order valence-corrected chi connectivity index (χ2v) is 6.61. The van der Waals surface area contributed by atoms with Crippen molar-refractivity contribution in [3.63, 3.8) is 0 Å². The summed E-state index contributed by atoms with van der Waals surface area (Å²) < 4.78 is 0. The minimum Gasteiger partial charge on any atom is -0.323 e. The number of carbonyl (C=O) groups excluding carboxylic acids is 1. The van der Waals surface area contributed by atoms with Crippen molar-refractivity contribution in [2.45, 2.75) is 64.2 Å². The molecule has 1 aliphatic carbocycles. The van der Waals surface area contributed by atoms with Gasteiger partial charge < -0.3 is 4.90 Å². The Bertz CT molecular complexity index is 483. The van der Waals surface area contributed by atoms with Crippen LogP contribution in [0.3, 0.4) is 0 Å². The first-order valence-corrected chi connectivity index (χ1v) is 8.31. The third-order valence-corrected chi connectivity index (χ3v) is 4.80. The summed E-state index contributed by atoms with van der Waals surface area (Å²) in [5.41, 5.74) is 1.23. The highest BCUT2D eigenvalue weighted by Crippen LogP contribution is 2.35. The molecule has 1 saturated heterocycles. The van der Waals surface area contributed by atoms with Crippen molar-refractivity contribution >= 4 is 5.91 Å². The fourth-order valence-electron chi connectivity index (χ4n) is 3.50. The molecule has 3 unspecified atom stereocenters. The van der Waals surface area contributed by atoms with E-state index in [1.54, 1.807) is 0 Å². The predicted octanol–water partition coefficient (Wildman–Crippen LogP) is 2.95. The molecule has 1 N–H and O–H groups in total. The Labute approximate surface area is 127 Å². The summed E-state index contributed by atoms with van der Waals surface area (Å²) in [4.78, 5) is 14.9. The van der Waals surface area contributed by atoms with Crippen molar-refractivity contribution in [3.8, 4) is 0 Å². The summed E-state index contributed by atoms with van der Waals surface area (Å²) >= 11 is 0. The van der Waals surface area contributed by atoms with Gasteiger partial charge >= 0.3 is 0 Å². The first-order chi connectivity index (χ1) is 10.2. The van der Waals surface area contributed by atoms with Gasteiger partial charge in [-0.05, 0) is 37.7 Å². The average molecular weight is 286 g/mol. The average Bonchev–Trinajstić information content (AvgIpc) is 3.24. The van der Waals surface area contributed by atoms with Gasteiger partial charge in [-0.25, -0.2) is 0 Å². The van der Waals surface area contributed by atoms with Crippen molar-refractivity contribution in [1.29, 1.82) is 0 Å². The van der Waals surface area contributed by atoms with Gasteiger partial charge in [0.05, 0.1) is 12.2 Å². The van der Waals surface area contributed by atoms with Crippen LogP contribution in [0.1, 0.15) is 45.1 Å². The number of carbonyl (C=O) groups is 1. The summed E-state index contributed by atoms with van der Waals surface area (Å²) in [6, 6.07) is 10.6. The van der Waals surface area contributed by atoms with Gasteiger partial charge in [0.2, 0.25) is 5.91 Å². The number of benzene rings is 1. The van der Waals surface area contributed by atoms with Gasteiger partial charge in [-0.2, -0.15) is 0 Å². The van der Waals surface area contributed by atoms with Crippen LogP contribution >= 0.6 is 0 Å². The molecule has 0 aromatic heterocycles. The molecule has 1 aliphatic heterocycles. The van der Waals surface area contributed by atoms with Crippen LogP contribution in [0.25, 0.3) is 0 Å². The number of hydrogen-bond acceptors (Lipinski definition) is 2. The molecule has 2 aliphatic rings. The zero-order chi connectivity index (χ0) is 14.8. The predicted molar refractivity (Wildman–Crippen MR) is 84.8 cm³/mol. The highest BCUT2D eigenvalue weighted by molar-refractivity contribution is 5.85. The van der Waals surface area contributed by atoms with Crippen LogP contribution in [-0.2, 0) is 11.2 Å². The van der Waals surface area contributed by atoms with Crippen molar-refractivity contribution in [2.75, 3.05) is 0 Å². The Balaban J connectivity index is 1.68. The van der Waals surface area contributed by atoms with Crippen molar-refractivity contribution in [2.24, 2.45) is 5.92 Å². The normalized spacial score (nSPS) is 27.1. The standard InChI is InChI=1S/C18H26N2O/c1-3-17-19-16(12-14-7-5-4-6-8-14)18(21)20(17)13(2)11-15-9-10-15/h4-8,13,15-17,19H,3,9-12H2,1-2H3. The molecule has 21 heavy (non-hydrogen) atoms. The molecule has 1 heterocycles. The Morgan fingerprint density at radius 1 is 1.29 bits per heavy atom. The SMILES string of the molecule is CCC1NC(Cc2ccccc2)C(=O)N1C(C)CC1CC1. The topological polar surface area (TPSA) is 32.3 Å². The Hall–Kier alpha value is -1.35. The lowest BCUT2D eigenvalue weighted by atomic mass is 10.1. The molecule has 2 fully saturated rings. The first-order valence-electron chi connectivity index (χ1n) is 8.31. The van der Waals surface area contributed by atoms with Crippen LogP contribution in [0.15, 0.2) is 30.3 Å². The maximum absolute atomic E-state index is 12.8. The van der Waals surface area contributed by atoms with E-state index in [0.29, 0.717) is 11.9 Å². The fourth-order valence-corrected chi connectivity index (χ4v) is 3.50. The molecule has 1 aromatic rings. The fraction of sp³-hybridized carbons (Fsp3) is 0.611. The third-order valence-electron chi connectivity index (χ3n) is 4.80. The van der Waals surface area contributed by atoms with Crippen molar-refractivity contribution in [1.82, 2.24) is 10.2 Å². The van der Waals surface area contributed by atoms with Crippen LogP contribution in [0.2, 0.25) is 0 Å². The van der Waals surface area contributed by atoms with E-state index < -0.39 is 0 Å². The molecule has 1 aromatic carbocycles. The monoisotopic (exact) mass is 286 g/mol. The molecule has 1 saturated carbocycles. The van der Waals surface area contributed by atoms with Crippen LogP contribution in [-0.4, -0.2) is 29.1 Å². The maximum Gasteiger partial charge on any atom is 0.241 e. The minimum atomic E-state index is -0.0565. The number of nitrogens with one attached hydrogen (secondary N) is 1. The summed E-state index contributed by atoms with van der Waals surface area (Å²) in [5, 5.41) is 3.54. The lowest BCUT2D eigenvalue weighted by molar-refractivity contribution is -0.132. The molecule has 1 amide bonds. The second-order valence-electron chi connectivity index (χ2n) is 6.61. The maximum atomic E-state index is 12.8. The van der Waals surface area contributed by atoms with E-state index in [1.165, 1.54) is 24.8 Å². The minimum absolute atomic E-state index is 0.0565. The largest absolute Gasteiger partial charge is 0.323 e. The van der Waals surface area contributed by atoms with E-state index in [-0.39, 0.29) is 12.2 Å². The molecule has 3 atom stereocenters. The lowest BCUT2D eigenvalue weighted by Gasteiger charge is -2.30. The smallest absolute Gasteiger partial charge is 0.241 e. The van der Waals surface area contributed by atoms with Gasteiger partial charge in [0.1, 0.15) is 0 Å². The molecule has 0 bridgehead atoms. The third kappa shape index (κ3) is 3.29. The van der Waals surface area contributed by atoms with E-state index in [1.807, 2.05) is 18.2 Å². The first kappa shape index (κ1) is 14.6. The molecule has 3 rings (SSSR count). The molecule has 0 spiro atoms. The number of rotatable bonds is 6. The highest BCUT2D eigenvalue weighted by atomic mass is 16.2. The number of hydrogen-bond donors (Lipinski definition) is 1. The van der Waals surface area contributed by atoms with Crippen molar-refractivity contribution in [3.05, 3.63) is 35.9 Å². The summed E-state index contributed by atoms with van der Waals surface area (Å²) in [7, 11) is 0. The molecule has 3 heteroatoms. The summed E-state index contributed by atoms with van der Waals surface area (Å²) in [5.74, 6) is 1.15. The van der Waals surface area contributed by atoms with E-state index in [2.05, 4.69) is 36.2 Å². The van der Waals surface area contributed by atoms with E-state index in [9.17, 15) is 4.79 Å². The summed E-state index contributed by atoms with van der Waals surface area (Å²) in [6.45, 7) is 4.37. The lowest BCUT2D eigenvalue weighted by Crippen LogP contribution is -2.43. The van der Waals surface area contributed by atoms with Gasteiger partial charge in [-0.1, -0.05) is 50.1 Å². The zero-order valence-electron chi connectivity index (χ0n) is 13.1. The van der Waals surface area contributed by atoms with Gasteiger partial charge in [0.15, 0.2) is 0 Å². The highest BCUT2D eigenvalue weighted by Gasteiger charge is 2.41. The molecule has 3 nitrogen and oxygen atoms in total. The van der Waals surface area contributed by atoms with Gasteiger partial charge in [-0.15, -0.1) is 0 Å². The zero-order valence-corrected chi connectivity index (χ0v) is 13.1. The van der Waals surface area contributed by atoms with Gasteiger partial charge in [0.25, 0.3) is 0 Å². The van der Waals surface area contributed by atoms with Crippen LogP contribution in [0, 0.1) is 5.92 Å². The van der Waals surface area contributed by atoms with Gasteiger partial charge in [0, 0.05) is 6.04 Å². The van der Waals surface area contributed by atoms with Crippen LogP contribution in [0.4, 0.5) is 0 Å². The second kappa shape index (κ2) is 6.18. The molecule has 114 valence electrons. The Kier molecular flexibility index (Phi) is 4.29. The number of nitrogens with zero attached hydrogens (tertiary/aromatic N) is 1. The van der Waals surface area contributed by atoms with E-state index >= 15 is 0 Å². The van der Waals surface area contributed by atoms with Gasteiger partial charge in [-0.3, -0.25) is 10.1 Å². The quantitative estimate of drug-likeness (QED) is 0.872. The van der Waals surface area contributed by atoms with E-state index in [0.717, 1.165) is 18.8 Å². The van der Waals surface area contributed by atoms with E-state index in [4.69, 9.17) is 0 Å². The molecular formula is C18H26N2O. The van der Waals surface area contributed by atoms with Crippen LogP contribution < -0.4 is 5.32 Å². The Morgan fingerprint density at radius 3 is 2.62 bits per heavy atom. The van der Waals surface area contributed by atoms with Crippen molar-refractivity contribution < 1.29 is 4.79 Å².